The molecule has 0 aliphatic rings. The highest BCUT2D eigenvalue weighted by atomic mass is 35.5. The predicted molar refractivity (Wildman–Crippen MR) is 96.6 cm³/mol. The molecular weight excluding hydrogens is 344 g/mol. The second-order valence-corrected chi connectivity index (χ2v) is 5.56. The maximum atomic E-state index is 12.5. The molecule has 0 aliphatic carbocycles. The lowest BCUT2D eigenvalue weighted by molar-refractivity contribution is 0.0937. The third-order valence-electron chi connectivity index (χ3n) is 3.40. The molecule has 2 aromatic rings. The first-order chi connectivity index (χ1) is 12.0. The number of carbonyl (C=O) groups excluding carboxylic acids is 2. The normalized spacial score (nSPS) is 10.2. The van der Waals surface area contributed by atoms with E-state index in [0.717, 1.165) is 0 Å². The Kier molecular flexibility index (Phi) is 6.80. The minimum Gasteiger partial charge on any atom is -0.496 e. The van der Waals surface area contributed by atoms with Crippen LogP contribution in [0.3, 0.4) is 0 Å². The number of ether oxygens (including phenoxy) is 2. The Morgan fingerprint density at radius 3 is 2.40 bits per heavy atom. The van der Waals surface area contributed by atoms with E-state index in [-0.39, 0.29) is 17.4 Å². The number of hydrogen-bond acceptors (Lipinski definition) is 4. The molecule has 0 saturated carbocycles. The van der Waals surface area contributed by atoms with Crippen LogP contribution in [0.1, 0.15) is 20.7 Å². The Morgan fingerprint density at radius 2 is 1.76 bits per heavy atom. The van der Waals surface area contributed by atoms with Crippen molar-refractivity contribution in [1.29, 1.82) is 0 Å². The van der Waals surface area contributed by atoms with Crippen molar-refractivity contribution >= 4 is 29.1 Å². The summed E-state index contributed by atoms with van der Waals surface area (Å²) in [5.41, 5.74) is 1.21. The van der Waals surface area contributed by atoms with E-state index in [2.05, 4.69) is 10.6 Å². The van der Waals surface area contributed by atoms with Crippen LogP contribution in [0, 0.1) is 0 Å². The van der Waals surface area contributed by atoms with E-state index in [0.29, 0.717) is 35.2 Å². The summed E-state index contributed by atoms with van der Waals surface area (Å²) in [6, 6.07) is 11.4. The molecule has 0 aliphatic heterocycles. The molecule has 2 amide bonds. The van der Waals surface area contributed by atoms with Gasteiger partial charge in [-0.3, -0.25) is 9.59 Å². The highest BCUT2D eigenvalue weighted by Gasteiger charge is 2.16. The number of nitrogens with one attached hydrogen (secondary N) is 2. The van der Waals surface area contributed by atoms with Gasteiger partial charge in [0.05, 0.1) is 19.3 Å². The van der Waals surface area contributed by atoms with Gasteiger partial charge >= 0.3 is 0 Å². The van der Waals surface area contributed by atoms with Crippen molar-refractivity contribution < 1.29 is 19.1 Å². The second-order valence-electron chi connectivity index (χ2n) is 5.12. The molecule has 6 nitrogen and oxygen atoms in total. The highest BCUT2D eigenvalue weighted by Crippen LogP contribution is 2.22. The fourth-order valence-corrected chi connectivity index (χ4v) is 2.25. The Bertz CT molecular complexity index is 747. The zero-order valence-corrected chi connectivity index (χ0v) is 14.7. The summed E-state index contributed by atoms with van der Waals surface area (Å²) in [5.74, 6) is -0.300. The molecule has 0 unspecified atom stereocenters. The predicted octanol–water partition coefficient (Wildman–Crippen LogP) is 2.98. The molecule has 0 atom stereocenters. The van der Waals surface area contributed by atoms with Gasteiger partial charge in [0.15, 0.2) is 0 Å². The SMILES string of the molecule is COCCNC(=O)c1ccc(OC)c(C(=O)Nc2ccc(Cl)cc2)c1. The van der Waals surface area contributed by atoms with Gasteiger partial charge in [0, 0.05) is 29.9 Å². The summed E-state index contributed by atoms with van der Waals surface area (Å²) in [6.45, 7) is 0.791. The zero-order chi connectivity index (χ0) is 18.2. The van der Waals surface area contributed by atoms with Gasteiger partial charge in [-0.1, -0.05) is 11.6 Å². The monoisotopic (exact) mass is 362 g/mol. The van der Waals surface area contributed by atoms with E-state index in [1.165, 1.54) is 13.2 Å². The third kappa shape index (κ3) is 5.20. The van der Waals surface area contributed by atoms with Gasteiger partial charge in [0.1, 0.15) is 5.75 Å². The van der Waals surface area contributed by atoms with Crippen LogP contribution in [-0.2, 0) is 4.74 Å². The van der Waals surface area contributed by atoms with Crippen molar-refractivity contribution in [3.05, 3.63) is 58.6 Å². The minimum atomic E-state index is -0.384. The van der Waals surface area contributed by atoms with Gasteiger partial charge in [-0.2, -0.15) is 0 Å². The number of hydrogen-bond donors (Lipinski definition) is 2. The molecule has 25 heavy (non-hydrogen) atoms. The van der Waals surface area contributed by atoms with Gasteiger partial charge in [-0.25, -0.2) is 0 Å². The van der Waals surface area contributed by atoms with Crippen molar-refractivity contribution in [3.63, 3.8) is 0 Å². The van der Waals surface area contributed by atoms with Crippen molar-refractivity contribution in [2.45, 2.75) is 0 Å². The minimum absolute atomic E-state index is 0.261. The first-order valence-corrected chi connectivity index (χ1v) is 7.95. The number of benzene rings is 2. The van der Waals surface area contributed by atoms with E-state index >= 15 is 0 Å². The second kappa shape index (κ2) is 9.05. The average Bonchev–Trinajstić information content (AvgIpc) is 2.63. The van der Waals surface area contributed by atoms with Gasteiger partial charge in [-0.05, 0) is 42.5 Å². The molecule has 0 aromatic heterocycles. The Labute approximate surface area is 151 Å². The molecule has 0 fully saturated rings. The lowest BCUT2D eigenvalue weighted by Gasteiger charge is -2.11. The smallest absolute Gasteiger partial charge is 0.259 e. The number of rotatable bonds is 7. The van der Waals surface area contributed by atoms with Crippen LogP contribution in [0.15, 0.2) is 42.5 Å². The summed E-state index contributed by atoms with van der Waals surface area (Å²) in [7, 11) is 3.02. The quantitative estimate of drug-likeness (QED) is 0.742. The molecule has 0 heterocycles. The van der Waals surface area contributed by atoms with Gasteiger partial charge < -0.3 is 20.1 Å². The first kappa shape index (κ1) is 18.8. The molecule has 2 rings (SSSR count). The molecule has 132 valence electrons. The standard InChI is InChI=1S/C18H19ClN2O4/c1-24-10-9-20-17(22)12-3-8-16(25-2)15(11-12)18(23)21-14-6-4-13(19)5-7-14/h3-8,11H,9-10H2,1-2H3,(H,20,22)(H,21,23). The van der Waals surface area contributed by atoms with Crippen LogP contribution in [0.25, 0.3) is 0 Å². The average molecular weight is 363 g/mol. The van der Waals surface area contributed by atoms with Crippen molar-refractivity contribution in [1.82, 2.24) is 5.32 Å². The Balaban J connectivity index is 2.19. The van der Waals surface area contributed by atoms with E-state index in [9.17, 15) is 9.59 Å². The van der Waals surface area contributed by atoms with Crippen LogP contribution in [0.5, 0.6) is 5.75 Å². The third-order valence-corrected chi connectivity index (χ3v) is 3.65. The summed E-state index contributed by atoms with van der Waals surface area (Å²) in [6.07, 6.45) is 0. The molecule has 0 saturated heterocycles. The number of carbonyl (C=O) groups is 2. The molecule has 0 radical (unpaired) electrons. The maximum absolute atomic E-state index is 12.5. The summed E-state index contributed by atoms with van der Waals surface area (Å²) >= 11 is 5.83. The Morgan fingerprint density at radius 1 is 1.04 bits per heavy atom. The largest absolute Gasteiger partial charge is 0.496 e. The van der Waals surface area contributed by atoms with Crippen molar-refractivity contribution in [3.8, 4) is 5.75 Å². The number of amides is 2. The molecule has 7 heteroatoms. The number of halogens is 1. The fourth-order valence-electron chi connectivity index (χ4n) is 2.13. The molecular formula is C18H19ClN2O4. The van der Waals surface area contributed by atoms with Gasteiger partial charge in [-0.15, -0.1) is 0 Å². The Hall–Kier alpha value is -2.57. The van der Waals surface area contributed by atoms with E-state index < -0.39 is 0 Å². The number of methoxy groups -OCH3 is 2. The molecule has 0 spiro atoms. The molecule has 2 aromatic carbocycles. The summed E-state index contributed by atoms with van der Waals surface area (Å²) in [4.78, 5) is 24.7. The van der Waals surface area contributed by atoms with Crippen LogP contribution < -0.4 is 15.4 Å². The van der Waals surface area contributed by atoms with Crippen LogP contribution in [0.4, 0.5) is 5.69 Å². The van der Waals surface area contributed by atoms with E-state index in [1.807, 2.05) is 0 Å². The summed E-state index contributed by atoms with van der Waals surface area (Å²) < 4.78 is 10.1. The lowest BCUT2D eigenvalue weighted by atomic mass is 10.1. The van der Waals surface area contributed by atoms with Crippen molar-refractivity contribution in [2.24, 2.45) is 0 Å². The lowest BCUT2D eigenvalue weighted by Crippen LogP contribution is -2.27. The highest BCUT2D eigenvalue weighted by molar-refractivity contribution is 6.30. The fraction of sp³-hybridized carbons (Fsp3) is 0.222. The van der Waals surface area contributed by atoms with E-state index in [1.54, 1.807) is 43.5 Å². The van der Waals surface area contributed by atoms with Crippen LogP contribution >= 0.6 is 11.6 Å². The zero-order valence-electron chi connectivity index (χ0n) is 14.0. The van der Waals surface area contributed by atoms with Crippen LogP contribution in [0.2, 0.25) is 5.02 Å². The topological polar surface area (TPSA) is 76.7 Å². The first-order valence-electron chi connectivity index (χ1n) is 7.57. The van der Waals surface area contributed by atoms with Gasteiger partial charge in [0.2, 0.25) is 0 Å². The summed E-state index contributed by atoms with van der Waals surface area (Å²) in [5, 5.41) is 6.03. The van der Waals surface area contributed by atoms with Crippen LogP contribution in [-0.4, -0.2) is 39.2 Å². The van der Waals surface area contributed by atoms with E-state index in [4.69, 9.17) is 21.1 Å². The molecule has 2 N–H and O–H groups in total. The number of anilines is 1. The molecule has 0 bridgehead atoms. The van der Waals surface area contributed by atoms with Gasteiger partial charge in [0.25, 0.3) is 11.8 Å². The van der Waals surface area contributed by atoms with Crippen molar-refractivity contribution in [2.75, 3.05) is 32.7 Å². The maximum Gasteiger partial charge on any atom is 0.259 e.